The summed E-state index contributed by atoms with van der Waals surface area (Å²) >= 11 is 0.825. The van der Waals surface area contributed by atoms with Crippen LogP contribution < -0.4 is 10.1 Å². The van der Waals surface area contributed by atoms with Crippen molar-refractivity contribution in [2.24, 2.45) is 0 Å². The molecule has 0 atom stereocenters. The van der Waals surface area contributed by atoms with Crippen molar-refractivity contribution in [3.05, 3.63) is 63.6 Å². The van der Waals surface area contributed by atoms with Gasteiger partial charge in [-0.25, -0.2) is 0 Å². The fraction of sp³-hybridized carbons (Fsp3) is 0.227. The molecule has 1 fully saturated rings. The summed E-state index contributed by atoms with van der Waals surface area (Å²) in [5.41, 5.74) is 4.39. The second-order valence-electron chi connectivity index (χ2n) is 6.92. The molecule has 0 radical (unpaired) electrons. The van der Waals surface area contributed by atoms with E-state index in [1.54, 1.807) is 19.3 Å². The molecule has 1 saturated heterocycles. The van der Waals surface area contributed by atoms with Gasteiger partial charge in [0.15, 0.2) is 0 Å². The SMILES string of the molecule is COc1cc(/C=C2/SC(=O)N(CC(=O)Nc3cc(C)cc(C)c3)C2=O)ccc1C. The Labute approximate surface area is 173 Å². The van der Waals surface area contributed by atoms with Crippen LogP contribution in [0.25, 0.3) is 6.08 Å². The molecule has 2 aromatic carbocycles. The minimum absolute atomic E-state index is 0.278. The Morgan fingerprint density at radius 2 is 1.79 bits per heavy atom. The molecule has 0 spiro atoms. The highest BCUT2D eigenvalue weighted by atomic mass is 32.2. The number of anilines is 1. The molecule has 2 aromatic rings. The number of hydrogen-bond donors (Lipinski definition) is 1. The summed E-state index contributed by atoms with van der Waals surface area (Å²) in [7, 11) is 1.58. The molecule has 0 unspecified atom stereocenters. The van der Waals surface area contributed by atoms with Crippen LogP contribution in [0.1, 0.15) is 22.3 Å². The molecule has 1 N–H and O–H groups in total. The summed E-state index contributed by atoms with van der Waals surface area (Å²) in [4.78, 5) is 38.5. The number of aryl methyl sites for hydroxylation is 3. The fourth-order valence-electron chi connectivity index (χ4n) is 3.11. The molecule has 0 aliphatic carbocycles. The van der Waals surface area contributed by atoms with Gasteiger partial charge in [-0.05, 0) is 79.1 Å². The van der Waals surface area contributed by atoms with E-state index >= 15 is 0 Å². The van der Waals surface area contributed by atoms with Crippen LogP contribution in [0.5, 0.6) is 5.75 Å². The van der Waals surface area contributed by atoms with Crippen molar-refractivity contribution in [3.8, 4) is 5.75 Å². The topological polar surface area (TPSA) is 75.7 Å². The van der Waals surface area contributed by atoms with E-state index in [0.29, 0.717) is 11.4 Å². The minimum atomic E-state index is -0.477. The summed E-state index contributed by atoms with van der Waals surface area (Å²) in [5.74, 6) is -0.198. The van der Waals surface area contributed by atoms with Gasteiger partial charge in [0, 0.05) is 5.69 Å². The largest absolute Gasteiger partial charge is 0.496 e. The summed E-state index contributed by atoms with van der Waals surface area (Å²) in [6.45, 7) is 5.46. The van der Waals surface area contributed by atoms with Gasteiger partial charge in [0.1, 0.15) is 12.3 Å². The average molecular weight is 410 g/mol. The van der Waals surface area contributed by atoms with Gasteiger partial charge in [0.05, 0.1) is 12.0 Å². The lowest BCUT2D eigenvalue weighted by atomic mass is 10.1. The first-order chi connectivity index (χ1) is 13.8. The highest BCUT2D eigenvalue weighted by molar-refractivity contribution is 8.18. The number of nitrogens with one attached hydrogen (secondary N) is 1. The number of benzene rings is 2. The zero-order chi connectivity index (χ0) is 21.1. The molecule has 29 heavy (non-hydrogen) atoms. The first-order valence-electron chi connectivity index (χ1n) is 9.05. The summed E-state index contributed by atoms with van der Waals surface area (Å²) in [6, 6.07) is 11.2. The molecular formula is C22H22N2O4S. The maximum absolute atomic E-state index is 12.6. The third kappa shape index (κ3) is 4.86. The van der Waals surface area contributed by atoms with Crippen molar-refractivity contribution in [2.75, 3.05) is 19.0 Å². The van der Waals surface area contributed by atoms with Crippen LogP contribution in [0.2, 0.25) is 0 Å². The number of carbonyl (C=O) groups is 3. The van der Waals surface area contributed by atoms with Crippen LogP contribution in [0, 0.1) is 20.8 Å². The molecule has 3 rings (SSSR count). The number of amides is 3. The molecule has 1 aliphatic rings. The van der Waals surface area contributed by atoms with Crippen molar-refractivity contribution < 1.29 is 19.1 Å². The Kier molecular flexibility index (Phi) is 6.08. The minimum Gasteiger partial charge on any atom is -0.496 e. The number of carbonyl (C=O) groups excluding carboxylic acids is 3. The second kappa shape index (κ2) is 8.53. The summed E-state index contributed by atoms with van der Waals surface area (Å²) < 4.78 is 5.29. The lowest BCUT2D eigenvalue weighted by Crippen LogP contribution is -2.36. The van der Waals surface area contributed by atoms with E-state index in [1.165, 1.54) is 0 Å². The predicted octanol–water partition coefficient (Wildman–Crippen LogP) is 4.30. The van der Waals surface area contributed by atoms with Gasteiger partial charge < -0.3 is 10.1 Å². The molecule has 0 aromatic heterocycles. The number of nitrogens with zero attached hydrogens (tertiary/aromatic N) is 1. The molecule has 150 valence electrons. The normalized spacial score (nSPS) is 15.2. The van der Waals surface area contributed by atoms with Crippen LogP contribution in [0.3, 0.4) is 0 Å². The molecule has 1 aliphatic heterocycles. The Bertz CT molecular complexity index is 1010. The number of ether oxygens (including phenoxy) is 1. The predicted molar refractivity (Wildman–Crippen MR) is 115 cm³/mol. The standard InChI is InChI=1S/C22H22N2O4S/c1-13-7-14(2)9-17(8-13)23-20(25)12-24-21(26)19(29-22(24)27)11-16-6-5-15(3)18(10-16)28-4/h5-11H,12H2,1-4H3,(H,23,25)/b19-11+. The highest BCUT2D eigenvalue weighted by Crippen LogP contribution is 2.33. The maximum atomic E-state index is 12.6. The van der Waals surface area contributed by atoms with Crippen molar-refractivity contribution in [2.45, 2.75) is 20.8 Å². The van der Waals surface area contributed by atoms with Crippen LogP contribution in [0.15, 0.2) is 41.3 Å². The van der Waals surface area contributed by atoms with Crippen molar-refractivity contribution in [1.29, 1.82) is 0 Å². The zero-order valence-corrected chi connectivity index (χ0v) is 17.6. The fourth-order valence-corrected chi connectivity index (χ4v) is 3.94. The van der Waals surface area contributed by atoms with Gasteiger partial charge in [-0.3, -0.25) is 19.3 Å². The molecular weight excluding hydrogens is 388 g/mol. The molecule has 7 heteroatoms. The van der Waals surface area contributed by atoms with Crippen molar-refractivity contribution in [3.63, 3.8) is 0 Å². The van der Waals surface area contributed by atoms with Crippen LogP contribution in [-0.4, -0.2) is 35.6 Å². The van der Waals surface area contributed by atoms with Crippen LogP contribution in [-0.2, 0) is 9.59 Å². The Balaban J connectivity index is 1.72. The van der Waals surface area contributed by atoms with E-state index in [4.69, 9.17) is 4.74 Å². The quantitative estimate of drug-likeness (QED) is 0.744. The number of thioether (sulfide) groups is 1. The molecule has 0 bridgehead atoms. The van der Waals surface area contributed by atoms with E-state index in [2.05, 4.69) is 5.32 Å². The maximum Gasteiger partial charge on any atom is 0.294 e. The zero-order valence-electron chi connectivity index (χ0n) is 16.7. The third-order valence-corrected chi connectivity index (χ3v) is 5.32. The van der Waals surface area contributed by atoms with E-state index in [0.717, 1.165) is 38.9 Å². The smallest absolute Gasteiger partial charge is 0.294 e. The van der Waals surface area contributed by atoms with Crippen LogP contribution >= 0.6 is 11.8 Å². The Morgan fingerprint density at radius 1 is 1.10 bits per heavy atom. The summed E-state index contributed by atoms with van der Waals surface area (Å²) in [6.07, 6.45) is 1.63. The first kappa shape index (κ1) is 20.7. The molecule has 3 amide bonds. The Hall–Kier alpha value is -3.06. The van der Waals surface area contributed by atoms with Gasteiger partial charge in [-0.2, -0.15) is 0 Å². The van der Waals surface area contributed by atoms with Crippen molar-refractivity contribution in [1.82, 2.24) is 4.90 Å². The molecule has 1 heterocycles. The summed E-state index contributed by atoms with van der Waals surface area (Å²) in [5, 5.41) is 2.28. The van der Waals surface area contributed by atoms with E-state index in [9.17, 15) is 14.4 Å². The number of rotatable bonds is 5. The van der Waals surface area contributed by atoms with E-state index in [-0.39, 0.29) is 11.4 Å². The van der Waals surface area contributed by atoms with E-state index in [1.807, 2.05) is 51.1 Å². The molecule has 6 nitrogen and oxygen atoms in total. The first-order valence-corrected chi connectivity index (χ1v) is 9.86. The lowest BCUT2D eigenvalue weighted by Gasteiger charge is -2.13. The average Bonchev–Trinajstić information content (AvgIpc) is 2.89. The number of methoxy groups -OCH3 is 1. The van der Waals surface area contributed by atoms with Crippen molar-refractivity contribution >= 4 is 40.6 Å². The monoisotopic (exact) mass is 410 g/mol. The number of imide groups is 1. The number of hydrogen-bond acceptors (Lipinski definition) is 5. The van der Waals surface area contributed by atoms with Gasteiger partial charge in [-0.15, -0.1) is 0 Å². The molecule has 0 saturated carbocycles. The highest BCUT2D eigenvalue weighted by Gasteiger charge is 2.36. The lowest BCUT2D eigenvalue weighted by molar-refractivity contribution is -0.127. The van der Waals surface area contributed by atoms with E-state index < -0.39 is 17.1 Å². The third-order valence-electron chi connectivity index (χ3n) is 4.41. The van der Waals surface area contributed by atoms with Gasteiger partial charge in [0.25, 0.3) is 11.1 Å². The second-order valence-corrected chi connectivity index (χ2v) is 7.91. The van der Waals surface area contributed by atoms with Gasteiger partial charge in [0.2, 0.25) is 5.91 Å². The van der Waals surface area contributed by atoms with Gasteiger partial charge >= 0.3 is 0 Å². The van der Waals surface area contributed by atoms with Crippen LogP contribution in [0.4, 0.5) is 10.5 Å². The Morgan fingerprint density at radius 3 is 2.45 bits per heavy atom. The van der Waals surface area contributed by atoms with Gasteiger partial charge in [-0.1, -0.05) is 18.2 Å².